The van der Waals surface area contributed by atoms with Crippen molar-refractivity contribution in [2.75, 3.05) is 4.90 Å². The number of hydrogen-bond donors (Lipinski definition) is 0. The molecule has 4 aliphatic heterocycles. The van der Waals surface area contributed by atoms with Gasteiger partial charge in [0.05, 0.1) is 0 Å². The fraction of sp³-hybridized carbons (Fsp3) is 0.286. The average molecular weight is 581 g/mol. The molecule has 1 nitrogen and oxygen atoms in total. The van der Waals surface area contributed by atoms with Gasteiger partial charge in [0.2, 0.25) is 13.4 Å². The highest BCUT2D eigenvalue weighted by molar-refractivity contribution is 7.03. The van der Waals surface area contributed by atoms with Crippen LogP contribution in [0.2, 0.25) is 0 Å². The van der Waals surface area contributed by atoms with Crippen LogP contribution in [0.25, 0.3) is 0 Å². The third kappa shape index (κ3) is 3.32. The highest BCUT2D eigenvalue weighted by Crippen LogP contribution is 2.47. The summed E-state index contributed by atoms with van der Waals surface area (Å²) >= 11 is 0. The van der Waals surface area contributed by atoms with Crippen LogP contribution in [0.3, 0.4) is 0 Å². The molecule has 0 atom stereocenters. The first-order valence-corrected chi connectivity index (χ1v) is 17.1. The second-order valence-corrected chi connectivity index (χ2v) is 15.2. The topological polar surface area (TPSA) is 3.24 Å². The van der Waals surface area contributed by atoms with Gasteiger partial charge in [-0.15, -0.1) is 0 Å². The SMILES string of the molecule is CCCCc1cc2c3c(c1)B1c4ccccc4C(C)(C)c4c(C)ccc(c41)N3c1ccc(C)c3c1B2c1ccccc1C3(C)C. The normalized spacial score (nSPS) is 16.8. The fourth-order valence-electron chi connectivity index (χ4n) is 10.3. The van der Waals surface area contributed by atoms with Gasteiger partial charge in [-0.2, -0.15) is 0 Å². The number of rotatable bonds is 3. The number of benzene rings is 5. The van der Waals surface area contributed by atoms with Crippen molar-refractivity contribution in [3.05, 3.63) is 124 Å². The lowest BCUT2D eigenvalue weighted by Gasteiger charge is -2.51. The molecule has 220 valence electrons. The number of unbranched alkanes of at least 4 members (excludes halogenated alkanes) is 1. The predicted molar refractivity (Wildman–Crippen MR) is 196 cm³/mol. The highest BCUT2D eigenvalue weighted by atomic mass is 15.2. The van der Waals surface area contributed by atoms with Gasteiger partial charge in [-0.25, -0.2) is 0 Å². The zero-order valence-corrected chi connectivity index (χ0v) is 27.8. The van der Waals surface area contributed by atoms with Crippen LogP contribution in [0.4, 0.5) is 17.1 Å². The maximum atomic E-state index is 2.70. The van der Waals surface area contributed by atoms with E-state index in [2.05, 4.69) is 138 Å². The summed E-state index contributed by atoms with van der Waals surface area (Å²) < 4.78 is 0. The van der Waals surface area contributed by atoms with E-state index in [1.54, 1.807) is 0 Å². The molecule has 0 unspecified atom stereocenters. The van der Waals surface area contributed by atoms with Crippen molar-refractivity contribution in [1.29, 1.82) is 0 Å². The zero-order chi connectivity index (χ0) is 31.0. The first-order valence-electron chi connectivity index (χ1n) is 17.1. The Morgan fingerprint density at radius 1 is 0.600 bits per heavy atom. The van der Waals surface area contributed by atoms with Gasteiger partial charge in [0.25, 0.3) is 0 Å². The van der Waals surface area contributed by atoms with Gasteiger partial charge in [-0.1, -0.05) is 125 Å². The van der Waals surface area contributed by atoms with Crippen molar-refractivity contribution in [2.45, 2.75) is 78.6 Å². The number of nitrogens with zero attached hydrogens (tertiary/aromatic N) is 1. The largest absolute Gasteiger partial charge is 0.313 e. The van der Waals surface area contributed by atoms with Crippen LogP contribution in [0, 0.1) is 13.8 Å². The van der Waals surface area contributed by atoms with Gasteiger partial charge in [0, 0.05) is 27.9 Å². The Morgan fingerprint density at radius 2 is 1.07 bits per heavy atom. The van der Waals surface area contributed by atoms with E-state index in [0.29, 0.717) is 0 Å². The van der Waals surface area contributed by atoms with Crippen molar-refractivity contribution in [3.63, 3.8) is 0 Å². The summed E-state index contributed by atoms with van der Waals surface area (Å²) in [6.45, 7) is 17.2. The molecule has 0 amide bonds. The van der Waals surface area contributed by atoms with Gasteiger partial charge in [-0.3, -0.25) is 0 Å². The summed E-state index contributed by atoms with van der Waals surface area (Å²) in [7, 11) is 0. The quantitative estimate of drug-likeness (QED) is 0.230. The average Bonchev–Trinajstić information content (AvgIpc) is 3.02. The third-order valence-electron chi connectivity index (χ3n) is 12.0. The van der Waals surface area contributed by atoms with E-state index in [-0.39, 0.29) is 24.3 Å². The van der Waals surface area contributed by atoms with E-state index >= 15 is 0 Å². The number of aryl methyl sites for hydroxylation is 3. The fourth-order valence-corrected chi connectivity index (χ4v) is 10.3. The van der Waals surface area contributed by atoms with E-state index in [9.17, 15) is 0 Å². The predicted octanol–water partition coefficient (Wildman–Crippen LogP) is 6.05. The Bertz CT molecular complexity index is 1960. The Labute approximate surface area is 269 Å². The lowest BCUT2D eigenvalue weighted by atomic mass is 9.26. The standard InChI is InChI=1S/C42H41B2N/c1-8-9-14-27-23-32-40-33(24-27)44-31-18-13-11-16-29(31)42(6,7)37-26(3)20-22-35(39(37)44)45(40)34-21-19-25(2)36-38(34)43(32)30-17-12-10-15-28(30)41(36,4)5/h10-13,15-24H,8-9,14H2,1-7H3. The Balaban J connectivity index is 1.47. The third-order valence-corrected chi connectivity index (χ3v) is 12.0. The van der Waals surface area contributed by atoms with Crippen LogP contribution < -0.4 is 37.7 Å². The molecule has 5 aromatic carbocycles. The molecule has 0 saturated heterocycles. The molecule has 0 radical (unpaired) electrons. The molecule has 0 N–H and O–H groups in total. The van der Waals surface area contributed by atoms with Crippen LogP contribution in [0.5, 0.6) is 0 Å². The summed E-state index contributed by atoms with van der Waals surface area (Å²) in [6, 6.07) is 33.5. The summed E-state index contributed by atoms with van der Waals surface area (Å²) in [4.78, 5) is 2.70. The van der Waals surface area contributed by atoms with Gasteiger partial charge >= 0.3 is 0 Å². The first-order chi connectivity index (χ1) is 21.7. The number of hydrogen-bond acceptors (Lipinski definition) is 1. The van der Waals surface area contributed by atoms with Gasteiger partial charge < -0.3 is 4.90 Å². The van der Waals surface area contributed by atoms with Gasteiger partial charge in [0.1, 0.15) is 0 Å². The van der Waals surface area contributed by atoms with Crippen LogP contribution in [0.15, 0.2) is 84.9 Å². The molecule has 0 spiro atoms. The molecule has 0 fully saturated rings. The van der Waals surface area contributed by atoms with E-state index in [1.165, 1.54) is 102 Å². The lowest BCUT2D eigenvalue weighted by molar-refractivity contribution is 0.640. The van der Waals surface area contributed by atoms with E-state index < -0.39 is 0 Å². The van der Waals surface area contributed by atoms with Crippen molar-refractivity contribution in [2.24, 2.45) is 0 Å². The molecular formula is C42H41B2N. The van der Waals surface area contributed by atoms with Gasteiger partial charge in [-0.05, 0) is 99.6 Å². The molecule has 9 rings (SSSR count). The van der Waals surface area contributed by atoms with Crippen molar-refractivity contribution in [3.8, 4) is 0 Å². The van der Waals surface area contributed by atoms with Crippen LogP contribution >= 0.6 is 0 Å². The molecule has 4 heterocycles. The minimum atomic E-state index is -0.0748. The summed E-state index contributed by atoms with van der Waals surface area (Å²) in [6.07, 6.45) is 3.54. The molecule has 3 heteroatoms. The van der Waals surface area contributed by atoms with Crippen molar-refractivity contribution in [1.82, 2.24) is 0 Å². The molecule has 0 bridgehead atoms. The Hall–Kier alpha value is -3.97. The maximum absolute atomic E-state index is 2.70. The minimum Gasteiger partial charge on any atom is -0.313 e. The van der Waals surface area contributed by atoms with E-state index in [4.69, 9.17) is 0 Å². The highest BCUT2D eigenvalue weighted by Gasteiger charge is 2.52. The minimum absolute atomic E-state index is 0.0748. The first kappa shape index (κ1) is 27.3. The number of anilines is 3. The van der Waals surface area contributed by atoms with Crippen LogP contribution in [0.1, 0.15) is 86.4 Å². The molecule has 0 saturated carbocycles. The molecule has 4 aliphatic rings. The second-order valence-electron chi connectivity index (χ2n) is 15.2. The van der Waals surface area contributed by atoms with E-state index in [1.807, 2.05) is 0 Å². The van der Waals surface area contributed by atoms with Crippen LogP contribution in [-0.2, 0) is 17.3 Å². The monoisotopic (exact) mass is 581 g/mol. The Kier molecular flexibility index (Phi) is 5.51. The molecular weight excluding hydrogens is 540 g/mol. The van der Waals surface area contributed by atoms with Gasteiger partial charge in [0.15, 0.2) is 0 Å². The molecule has 0 aromatic heterocycles. The molecule has 5 aromatic rings. The second kappa shape index (κ2) is 9.06. The summed E-state index contributed by atoms with van der Waals surface area (Å²) in [5.41, 5.74) is 23.3. The summed E-state index contributed by atoms with van der Waals surface area (Å²) in [5.74, 6) is 0. The zero-order valence-electron chi connectivity index (χ0n) is 27.8. The molecule has 0 aliphatic carbocycles. The van der Waals surface area contributed by atoms with Crippen molar-refractivity contribution < 1.29 is 0 Å². The lowest BCUT2D eigenvalue weighted by Crippen LogP contribution is -2.70. The van der Waals surface area contributed by atoms with Crippen molar-refractivity contribution >= 4 is 63.3 Å². The summed E-state index contributed by atoms with van der Waals surface area (Å²) in [5, 5.41) is 0. The smallest absolute Gasteiger partial charge is 0.247 e. The maximum Gasteiger partial charge on any atom is 0.247 e. The van der Waals surface area contributed by atoms with E-state index in [0.717, 1.165) is 6.42 Å². The van der Waals surface area contributed by atoms with Crippen LogP contribution in [-0.4, -0.2) is 13.4 Å². The Morgan fingerprint density at radius 3 is 1.53 bits per heavy atom. The number of fused-ring (bicyclic) bond motifs is 8. The molecule has 45 heavy (non-hydrogen) atoms.